The maximum atomic E-state index is 11.1. The van der Waals surface area contributed by atoms with Crippen LogP contribution in [0.2, 0.25) is 0 Å². The fraction of sp³-hybridized carbons (Fsp3) is 0.417. The van der Waals surface area contributed by atoms with Crippen molar-refractivity contribution in [2.75, 3.05) is 26.4 Å². The Hall–Kier alpha value is -2.15. The molecule has 0 radical (unpaired) electrons. The van der Waals surface area contributed by atoms with Crippen LogP contribution in [-0.4, -0.2) is 36.4 Å². The summed E-state index contributed by atoms with van der Waals surface area (Å²) >= 11 is 0. The molecule has 0 atom stereocenters. The molecule has 0 saturated heterocycles. The van der Waals surface area contributed by atoms with Crippen molar-refractivity contribution in [3.05, 3.63) is 33.9 Å². The number of hydrogen-bond donors (Lipinski definition) is 2. The number of nitrogens with two attached hydrogens (primary N) is 1. The average molecular weight is 266 g/mol. The highest BCUT2D eigenvalue weighted by atomic mass is 16.6. The lowest BCUT2D eigenvalue weighted by Crippen LogP contribution is -2.26. The minimum atomic E-state index is -0.497. The summed E-state index contributed by atoms with van der Waals surface area (Å²) < 4.78 is 0. The van der Waals surface area contributed by atoms with Crippen molar-refractivity contribution >= 4 is 17.3 Å². The Morgan fingerprint density at radius 3 is 2.79 bits per heavy atom. The van der Waals surface area contributed by atoms with Crippen molar-refractivity contribution in [3.63, 3.8) is 0 Å². The third kappa shape index (κ3) is 4.55. The second-order valence-corrected chi connectivity index (χ2v) is 4.31. The highest BCUT2D eigenvalue weighted by Gasteiger charge is 2.12. The number of carbonyl (C=O) groups excluding carboxylic acids is 1. The molecule has 0 unspecified atom stereocenters. The molecule has 0 aromatic heterocycles. The number of benzene rings is 1. The van der Waals surface area contributed by atoms with Gasteiger partial charge >= 0.3 is 0 Å². The van der Waals surface area contributed by atoms with E-state index >= 15 is 0 Å². The van der Waals surface area contributed by atoms with Gasteiger partial charge in [-0.3, -0.25) is 14.9 Å². The third-order valence-electron chi connectivity index (χ3n) is 2.74. The summed E-state index contributed by atoms with van der Waals surface area (Å²) in [5.74, 6) is -0.0323. The molecule has 0 bridgehead atoms. The van der Waals surface area contributed by atoms with Crippen LogP contribution in [0, 0.1) is 10.1 Å². The van der Waals surface area contributed by atoms with E-state index in [9.17, 15) is 14.9 Å². The molecule has 1 aromatic rings. The van der Waals surface area contributed by atoms with Crippen LogP contribution in [0.15, 0.2) is 18.2 Å². The molecule has 1 rings (SSSR count). The van der Waals surface area contributed by atoms with Gasteiger partial charge in [-0.25, -0.2) is 0 Å². The van der Waals surface area contributed by atoms with E-state index in [2.05, 4.69) is 5.32 Å². The minimum absolute atomic E-state index is 0.0323. The van der Waals surface area contributed by atoms with Gasteiger partial charge in [0.2, 0.25) is 5.91 Å². The quantitative estimate of drug-likeness (QED) is 0.449. The van der Waals surface area contributed by atoms with Crippen LogP contribution in [0.1, 0.15) is 12.0 Å². The molecule has 0 heterocycles. The second kappa shape index (κ2) is 6.69. The number of nitrogens with one attached hydrogen (secondary N) is 1. The van der Waals surface area contributed by atoms with Crippen LogP contribution < -0.4 is 11.1 Å². The number of rotatable bonds is 6. The van der Waals surface area contributed by atoms with E-state index in [0.717, 1.165) is 5.56 Å². The molecule has 104 valence electrons. The van der Waals surface area contributed by atoms with Gasteiger partial charge in [-0.2, -0.15) is 0 Å². The minimum Gasteiger partial charge on any atom is -0.393 e. The van der Waals surface area contributed by atoms with E-state index in [1.165, 1.54) is 12.1 Å². The fourth-order valence-electron chi connectivity index (χ4n) is 1.65. The van der Waals surface area contributed by atoms with Crippen molar-refractivity contribution in [1.82, 2.24) is 10.2 Å². The Kier molecular flexibility index (Phi) is 5.25. The summed E-state index contributed by atoms with van der Waals surface area (Å²) in [6, 6.07) is 4.74. The molecule has 19 heavy (non-hydrogen) atoms. The third-order valence-corrected chi connectivity index (χ3v) is 2.74. The number of amides is 1. The summed E-state index contributed by atoms with van der Waals surface area (Å²) in [5.41, 5.74) is 6.39. The molecule has 0 saturated carbocycles. The summed E-state index contributed by atoms with van der Waals surface area (Å²) in [5, 5.41) is 13.3. The monoisotopic (exact) mass is 266 g/mol. The Bertz CT molecular complexity index is 476. The summed E-state index contributed by atoms with van der Waals surface area (Å²) in [7, 11) is 3.44. The smallest absolute Gasteiger partial charge is 0.292 e. The number of carbonyl (C=O) groups is 1. The van der Waals surface area contributed by atoms with Gasteiger partial charge in [-0.1, -0.05) is 6.07 Å². The molecule has 0 spiro atoms. The van der Waals surface area contributed by atoms with Crippen molar-refractivity contribution in [2.24, 2.45) is 0 Å². The molecule has 1 aromatic carbocycles. The zero-order chi connectivity index (χ0) is 14.4. The molecular formula is C12H18N4O3. The van der Waals surface area contributed by atoms with E-state index in [1.807, 2.05) is 11.9 Å². The number of anilines is 1. The predicted octanol–water partition coefficient (Wildman–Crippen LogP) is 0.745. The number of nitrogen functional groups attached to an aromatic ring is 1. The lowest BCUT2D eigenvalue weighted by atomic mass is 10.1. The normalized spacial score (nSPS) is 10.5. The topological polar surface area (TPSA) is 102 Å². The molecule has 0 aliphatic rings. The Morgan fingerprint density at radius 1 is 1.53 bits per heavy atom. The molecule has 0 aliphatic carbocycles. The van der Waals surface area contributed by atoms with E-state index in [1.54, 1.807) is 13.1 Å². The maximum Gasteiger partial charge on any atom is 0.292 e. The highest BCUT2D eigenvalue weighted by Crippen LogP contribution is 2.22. The van der Waals surface area contributed by atoms with Gasteiger partial charge in [-0.05, 0) is 18.7 Å². The van der Waals surface area contributed by atoms with Crippen LogP contribution in [0.4, 0.5) is 11.4 Å². The first-order valence-corrected chi connectivity index (χ1v) is 5.86. The zero-order valence-corrected chi connectivity index (χ0v) is 11.0. The Labute approximate surface area is 111 Å². The van der Waals surface area contributed by atoms with E-state index < -0.39 is 4.92 Å². The van der Waals surface area contributed by atoms with Crippen molar-refractivity contribution < 1.29 is 9.72 Å². The van der Waals surface area contributed by atoms with Gasteiger partial charge in [0.05, 0.1) is 4.92 Å². The standard InChI is InChI=1S/C12H18N4O3/c1-14-12(17)5-6-15(2)8-9-3-4-10(13)11(7-9)16(18)19/h3-4,7H,5-6,8,13H2,1-2H3,(H,14,17). The Morgan fingerprint density at radius 2 is 2.21 bits per heavy atom. The molecule has 1 amide bonds. The van der Waals surface area contributed by atoms with Crippen LogP contribution in [-0.2, 0) is 11.3 Å². The van der Waals surface area contributed by atoms with Crippen LogP contribution in [0.3, 0.4) is 0 Å². The molecular weight excluding hydrogens is 248 g/mol. The van der Waals surface area contributed by atoms with Gasteiger partial charge in [0, 0.05) is 32.6 Å². The van der Waals surface area contributed by atoms with Crippen molar-refractivity contribution in [3.8, 4) is 0 Å². The van der Waals surface area contributed by atoms with Gasteiger partial charge in [0.15, 0.2) is 0 Å². The number of nitrogens with zero attached hydrogens (tertiary/aromatic N) is 2. The highest BCUT2D eigenvalue weighted by molar-refractivity contribution is 5.75. The van der Waals surface area contributed by atoms with E-state index in [0.29, 0.717) is 19.5 Å². The summed E-state index contributed by atoms with van der Waals surface area (Å²) in [4.78, 5) is 23.3. The zero-order valence-electron chi connectivity index (χ0n) is 11.0. The van der Waals surface area contributed by atoms with Gasteiger partial charge in [-0.15, -0.1) is 0 Å². The number of nitro benzene ring substituents is 1. The molecule has 7 heteroatoms. The Balaban J connectivity index is 2.64. The summed E-state index contributed by atoms with van der Waals surface area (Å²) in [6.45, 7) is 1.11. The average Bonchev–Trinajstić information content (AvgIpc) is 2.37. The fourth-order valence-corrected chi connectivity index (χ4v) is 1.65. The van der Waals surface area contributed by atoms with Gasteiger partial charge in [0.25, 0.3) is 5.69 Å². The molecule has 7 nitrogen and oxygen atoms in total. The first kappa shape index (κ1) is 14.9. The van der Waals surface area contributed by atoms with E-state index in [4.69, 9.17) is 5.73 Å². The number of hydrogen-bond acceptors (Lipinski definition) is 5. The first-order chi connectivity index (χ1) is 8.93. The van der Waals surface area contributed by atoms with Crippen LogP contribution in [0.5, 0.6) is 0 Å². The van der Waals surface area contributed by atoms with Crippen LogP contribution in [0.25, 0.3) is 0 Å². The maximum absolute atomic E-state index is 11.1. The second-order valence-electron chi connectivity index (χ2n) is 4.31. The molecule has 0 fully saturated rings. The van der Waals surface area contributed by atoms with Gasteiger partial charge in [0.1, 0.15) is 5.69 Å². The SMILES string of the molecule is CNC(=O)CCN(C)Cc1ccc(N)c([N+](=O)[O-])c1. The predicted molar refractivity (Wildman–Crippen MR) is 72.5 cm³/mol. The summed E-state index contributed by atoms with van der Waals surface area (Å²) in [6.07, 6.45) is 0.393. The molecule has 0 aliphatic heterocycles. The largest absolute Gasteiger partial charge is 0.393 e. The number of nitro groups is 1. The van der Waals surface area contributed by atoms with Crippen LogP contribution >= 0.6 is 0 Å². The first-order valence-electron chi connectivity index (χ1n) is 5.86. The van der Waals surface area contributed by atoms with Crippen molar-refractivity contribution in [1.29, 1.82) is 0 Å². The lowest BCUT2D eigenvalue weighted by Gasteiger charge is -2.16. The molecule has 3 N–H and O–H groups in total. The lowest BCUT2D eigenvalue weighted by molar-refractivity contribution is -0.384. The van der Waals surface area contributed by atoms with Gasteiger partial charge < -0.3 is 16.0 Å². The van der Waals surface area contributed by atoms with Crippen molar-refractivity contribution in [2.45, 2.75) is 13.0 Å². The van der Waals surface area contributed by atoms with E-state index in [-0.39, 0.29) is 17.3 Å².